The fraction of sp³-hybridized carbons (Fsp3) is 0.333. The number of anilines is 2. The summed E-state index contributed by atoms with van der Waals surface area (Å²) in [4.78, 5) is 22.5. The Balaban J connectivity index is 1.37. The van der Waals surface area contributed by atoms with Gasteiger partial charge in [0.05, 0.1) is 11.6 Å². The van der Waals surface area contributed by atoms with Gasteiger partial charge in [0.2, 0.25) is 0 Å². The van der Waals surface area contributed by atoms with Crippen LogP contribution in [0.3, 0.4) is 0 Å². The van der Waals surface area contributed by atoms with Crippen molar-refractivity contribution >= 4 is 22.7 Å². The van der Waals surface area contributed by atoms with Crippen LogP contribution in [-0.2, 0) is 7.05 Å². The van der Waals surface area contributed by atoms with E-state index in [0.29, 0.717) is 0 Å². The van der Waals surface area contributed by atoms with Crippen LogP contribution >= 0.6 is 0 Å². The highest BCUT2D eigenvalue weighted by molar-refractivity contribution is 5.86. The fourth-order valence-corrected chi connectivity index (χ4v) is 3.57. The summed E-state index contributed by atoms with van der Waals surface area (Å²) in [6, 6.07) is 3.87. The normalized spacial score (nSPS) is 14.8. The lowest BCUT2D eigenvalue weighted by atomic mass is 10.2. The Morgan fingerprint density at radius 3 is 2.50 bits per heavy atom. The molecular weight excluding hydrogens is 356 g/mol. The molecule has 0 saturated carbocycles. The highest BCUT2D eigenvalue weighted by Crippen LogP contribution is 2.24. The summed E-state index contributed by atoms with van der Waals surface area (Å²) in [6.07, 6.45) is 7.07. The summed E-state index contributed by atoms with van der Waals surface area (Å²) in [5.41, 5.74) is 0.850. The number of fused-ring (bicyclic) bond motifs is 1. The minimum Gasteiger partial charge on any atom is -0.353 e. The Morgan fingerprint density at radius 2 is 1.71 bits per heavy atom. The van der Waals surface area contributed by atoms with Gasteiger partial charge >= 0.3 is 0 Å². The maximum absolute atomic E-state index is 4.63. The van der Waals surface area contributed by atoms with Crippen LogP contribution in [0, 0.1) is 6.92 Å². The predicted octanol–water partition coefficient (Wildman–Crippen LogP) is 0.974. The van der Waals surface area contributed by atoms with Crippen LogP contribution in [-0.4, -0.2) is 65.7 Å². The van der Waals surface area contributed by atoms with Crippen molar-refractivity contribution in [3.8, 4) is 5.82 Å². The van der Waals surface area contributed by atoms with Crippen LogP contribution in [0.2, 0.25) is 0 Å². The van der Waals surface area contributed by atoms with E-state index in [9.17, 15) is 0 Å². The molecule has 1 aliphatic rings. The van der Waals surface area contributed by atoms with Crippen molar-refractivity contribution in [2.75, 3.05) is 36.0 Å². The van der Waals surface area contributed by atoms with Gasteiger partial charge in [-0.05, 0) is 13.0 Å². The largest absolute Gasteiger partial charge is 0.353 e. The Hall–Kier alpha value is -3.56. The van der Waals surface area contributed by atoms with Gasteiger partial charge in [0.25, 0.3) is 0 Å². The minimum atomic E-state index is 0.735. The highest BCUT2D eigenvalue weighted by Gasteiger charge is 2.22. The van der Waals surface area contributed by atoms with Gasteiger partial charge in [0.15, 0.2) is 11.5 Å². The van der Waals surface area contributed by atoms with Crippen molar-refractivity contribution < 1.29 is 0 Å². The average Bonchev–Trinajstić information content (AvgIpc) is 3.38. The fourth-order valence-electron chi connectivity index (χ4n) is 3.57. The number of hydrogen-bond donors (Lipinski definition) is 0. The molecule has 1 fully saturated rings. The van der Waals surface area contributed by atoms with Gasteiger partial charge in [0.1, 0.15) is 23.8 Å². The van der Waals surface area contributed by atoms with Crippen molar-refractivity contribution in [3.63, 3.8) is 0 Å². The third-order valence-electron chi connectivity index (χ3n) is 4.96. The molecule has 1 aliphatic heterocycles. The van der Waals surface area contributed by atoms with Gasteiger partial charge in [-0.2, -0.15) is 10.2 Å². The lowest BCUT2D eigenvalue weighted by Gasteiger charge is -2.36. The van der Waals surface area contributed by atoms with E-state index in [4.69, 9.17) is 0 Å². The number of aryl methyl sites for hydroxylation is 2. The SMILES string of the molecule is Cc1nc(N2CCN(c3ncnc4c3cnn4C)CC2)cc(-n2cccn2)n1. The van der Waals surface area contributed by atoms with Crippen molar-refractivity contribution in [1.29, 1.82) is 0 Å². The second kappa shape index (κ2) is 6.55. The van der Waals surface area contributed by atoms with Gasteiger partial charge in [-0.25, -0.2) is 24.6 Å². The molecule has 0 radical (unpaired) electrons. The molecule has 10 nitrogen and oxygen atoms in total. The van der Waals surface area contributed by atoms with Gasteiger partial charge < -0.3 is 9.80 Å². The molecule has 0 unspecified atom stereocenters. The zero-order valence-corrected chi connectivity index (χ0v) is 15.8. The van der Waals surface area contributed by atoms with Gasteiger partial charge in [-0.15, -0.1) is 0 Å². The number of rotatable bonds is 3. The molecule has 0 bridgehead atoms. The zero-order valence-electron chi connectivity index (χ0n) is 15.8. The van der Waals surface area contributed by atoms with E-state index in [0.717, 1.165) is 60.5 Å². The molecule has 5 heterocycles. The number of nitrogens with zero attached hydrogens (tertiary/aromatic N) is 10. The van der Waals surface area contributed by atoms with E-state index in [-0.39, 0.29) is 0 Å². The molecule has 10 heteroatoms. The highest BCUT2D eigenvalue weighted by atomic mass is 15.3. The molecule has 0 amide bonds. The van der Waals surface area contributed by atoms with Crippen LogP contribution < -0.4 is 9.80 Å². The summed E-state index contributed by atoms with van der Waals surface area (Å²) in [5.74, 6) is 3.38. The Bertz CT molecular complexity index is 1110. The van der Waals surface area contributed by atoms with Gasteiger partial charge in [-0.3, -0.25) is 4.68 Å². The summed E-state index contributed by atoms with van der Waals surface area (Å²) in [7, 11) is 1.89. The van der Waals surface area contributed by atoms with Crippen LogP contribution in [0.4, 0.5) is 11.6 Å². The van der Waals surface area contributed by atoms with Crippen LogP contribution in [0.5, 0.6) is 0 Å². The van der Waals surface area contributed by atoms with Crippen LogP contribution in [0.25, 0.3) is 16.9 Å². The molecule has 142 valence electrons. The summed E-state index contributed by atoms with van der Waals surface area (Å²) in [6.45, 7) is 5.30. The first kappa shape index (κ1) is 16.6. The Kier molecular flexibility index (Phi) is 3.89. The summed E-state index contributed by atoms with van der Waals surface area (Å²) in [5, 5.41) is 9.57. The van der Waals surface area contributed by atoms with E-state index >= 15 is 0 Å². The third-order valence-corrected chi connectivity index (χ3v) is 4.96. The second-order valence-corrected chi connectivity index (χ2v) is 6.76. The van der Waals surface area contributed by atoms with Crippen molar-refractivity contribution in [3.05, 3.63) is 42.9 Å². The first-order valence-electron chi connectivity index (χ1n) is 9.17. The molecule has 5 rings (SSSR count). The summed E-state index contributed by atoms with van der Waals surface area (Å²) < 4.78 is 3.53. The number of aromatic nitrogens is 8. The smallest absolute Gasteiger partial charge is 0.163 e. The first-order valence-corrected chi connectivity index (χ1v) is 9.17. The van der Waals surface area contributed by atoms with Crippen molar-refractivity contribution in [1.82, 2.24) is 39.5 Å². The van der Waals surface area contributed by atoms with E-state index in [1.54, 1.807) is 21.9 Å². The lowest BCUT2D eigenvalue weighted by Crippen LogP contribution is -2.47. The maximum Gasteiger partial charge on any atom is 0.163 e. The minimum absolute atomic E-state index is 0.735. The average molecular weight is 376 g/mol. The molecule has 0 N–H and O–H groups in total. The molecule has 0 spiro atoms. The Labute approximate surface area is 161 Å². The van der Waals surface area contributed by atoms with Gasteiger partial charge in [-0.1, -0.05) is 0 Å². The lowest BCUT2D eigenvalue weighted by molar-refractivity contribution is 0.640. The second-order valence-electron chi connectivity index (χ2n) is 6.76. The summed E-state index contributed by atoms with van der Waals surface area (Å²) >= 11 is 0. The topological polar surface area (TPSA) is 93.7 Å². The molecule has 0 atom stereocenters. The quantitative estimate of drug-likeness (QED) is 0.522. The predicted molar refractivity (Wildman–Crippen MR) is 105 cm³/mol. The third kappa shape index (κ3) is 2.82. The molecule has 4 aromatic rings. The molecule has 1 saturated heterocycles. The Morgan fingerprint density at radius 1 is 0.929 bits per heavy atom. The van der Waals surface area contributed by atoms with Crippen molar-refractivity contribution in [2.24, 2.45) is 7.05 Å². The van der Waals surface area contributed by atoms with E-state index in [1.165, 1.54) is 0 Å². The molecule has 4 aromatic heterocycles. The van der Waals surface area contributed by atoms with Crippen LogP contribution in [0.15, 0.2) is 37.1 Å². The van der Waals surface area contributed by atoms with E-state index < -0.39 is 0 Å². The monoisotopic (exact) mass is 376 g/mol. The molecule has 28 heavy (non-hydrogen) atoms. The molecular formula is C18H20N10. The zero-order chi connectivity index (χ0) is 19.1. The van der Waals surface area contributed by atoms with Gasteiger partial charge in [0, 0.05) is 51.7 Å². The van der Waals surface area contributed by atoms with Crippen molar-refractivity contribution in [2.45, 2.75) is 6.92 Å². The van der Waals surface area contributed by atoms with E-state index in [1.807, 2.05) is 38.5 Å². The molecule has 0 aromatic carbocycles. The molecule has 0 aliphatic carbocycles. The number of hydrogen-bond acceptors (Lipinski definition) is 8. The standard InChI is InChI=1S/C18H20N10/c1-13-23-15(10-16(24-13)28-5-3-4-21-28)26-6-8-27(9-7-26)18-14-11-22-25(2)17(14)19-12-20-18/h3-5,10-12H,6-9H2,1-2H3. The number of piperazine rings is 1. The first-order chi connectivity index (χ1) is 13.7. The maximum atomic E-state index is 4.63. The van der Waals surface area contributed by atoms with Crippen LogP contribution in [0.1, 0.15) is 5.82 Å². The van der Waals surface area contributed by atoms with E-state index in [2.05, 4.69) is 39.9 Å².